The molecule has 0 radical (unpaired) electrons. The molecular weight excluding hydrogens is 283 g/mol. The number of ether oxygens (including phenoxy) is 2. The highest BCUT2D eigenvalue weighted by Crippen LogP contribution is 2.30. The summed E-state index contributed by atoms with van der Waals surface area (Å²) < 4.78 is 47.8. The maximum atomic E-state index is 12.4. The predicted octanol–water partition coefficient (Wildman–Crippen LogP) is 3.88. The standard InChI is InChI=1S/C15H14F3NO2/c1-20-14-8-10(2-7-13(14)19)9-21-12-5-3-11(4-6-12)15(16,17)18/h2-8H,9,19H2,1H3. The highest BCUT2D eigenvalue weighted by molar-refractivity contribution is 5.53. The van der Waals surface area contributed by atoms with Gasteiger partial charge in [0.15, 0.2) is 0 Å². The summed E-state index contributed by atoms with van der Waals surface area (Å²) in [6.45, 7) is 0.210. The number of hydrogen-bond donors (Lipinski definition) is 1. The molecule has 0 unspecified atom stereocenters. The molecule has 0 saturated carbocycles. The average molecular weight is 297 g/mol. The largest absolute Gasteiger partial charge is 0.495 e. The van der Waals surface area contributed by atoms with Crippen LogP contribution in [0.2, 0.25) is 0 Å². The van der Waals surface area contributed by atoms with Gasteiger partial charge in [-0.3, -0.25) is 0 Å². The van der Waals surface area contributed by atoms with Crippen molar-refractivity contribution in [3.8, 4) is 11.5 Å². The Kier molecular flexibility index (Phi) is 4.26. The molecule has 112 valence electrons. The van der Waals surface area contributed by atoms with Gasteiger partial charge in [-0.2, -0.15) is 13.2 Å². The van der Waals surface area contributed by atoms with Gasteiger partial charge in [0.05, 0.1) is 18.4 Å². The first-order chi connectivity index (χ1) is 9.90. The van der Waals surface area contributed by atoms with Crippen molar-refractivity contribution in [1.82, 2.24) is 0 Å². The van der Waals surface area contributed by atoms with E-state index in [1.807, 2.05) is 0 Å². The van der Waals surface area contributed by atoms with Crippen LogP contribution in [-0.2, 0) is 12.8 Å². The Hall–Kier alpha value is -2.37. The van der Waals surface area contributed by atoms with E-state index in [0.717, 1.165) is 17.7 Å². The van der Waals surface area contributed by atoms with Crippen molar-refractivity contribution in [3.63, 3.8) is 0 Å². The molecule has 0 bridgehead atoms. The van der Waals surface area contributed by atoms with Gasteiger partial charge in [0.1, 0.15) is 18.1 Å². The maximum Gasteiger partial charge on any atom is 0.416 e. The zero-order valence-electron chi connectivity index (χ0n) is 11.3. The van der Waals surface area contributed by atoms with Gasteiger partial charge in [-0.25, -0.2) is 0 Å². The lowest BCUT2D eigenvalue weighted by atomic mass is 10.2. The zero-order valence-corrected chi connectivity index (χ0v) is 11.3. The molecule has 2 aromatic rings. The Morgan fingerprint density at radius 2 is 1.71 bits per heavy atom. The maximum absolute atomic E-state index is 12.4. The quantitative estimate of drug-likeness (QED) is 0.871. The molecule has 0 amide bonds. The summed E-state index contributed by atoms with van der Waals surface area (Å²) in [6.07, 6.45) is -4.34. The van der Waals surface area contributed by atoms with Crippen LogP contribution in [0.25, 0.3) is 0 Å². The highest BCUT2D eigenvalue weighted by Gasteiger charge is 2.29. The molecule has 0 aliphatic carbocycles. The summed E-state index contributed by atoms with van der Waals surface area (Å²) >= 11 is 0. The van der Waals surface area contributed by atoms with E-state index in [9.17, 15) is 13.2 Å². The first kappa shape index (κ1) is 15.0. The van der Waals surface area contributed by atoms with Gasteiger partial charge < -0.3 is 15.2 Å². The number of halogens is 3. The molecular formula is C15H14F3NO2. The fraction of sp³-hybridized carbons (Fsp3) is 0.200. The summed E-state index contributed by atoms with van der Waals surface area (Å²) in [5.41, 5.74) is 6.30. The van der Waals surface area contributed by atoms with Crippen molar-refractivity contribution < 1.29 is 22.6 Å². The summed E-state index contributed by atoms with van der Waals surface area (Å²) in [5, 5.41) is 0. The van der Waals surface area contributed by atoms with Crippen LogP contribution in [0.1, 0.15) is 11.1 Å². The first-order valence-electron chi connectivity index (χ1n) is 6.12. The first-order valence-corrected chi connectivity index (χ1v) is 6.12. The van der Waals surface area contributed by atoms with Crippen LogP contribution >= 0.6 is 0 Å². The minimum atomic E-state index is -4.34. The van der Waals surface area contributed by atoms with Gasteiger partial charge in [0.2, 0.25) is 0 Å². The molecule has 0 fully saturated rings. The molecule has 2 N–H and O–H groups in total. The second-order valence-electron chi connectivity index (χ2n) is 4.39. The van der Waals surface area contributed by atoms with Crippen LogP contribution < -0.4 is 15.2 Å². The molecule has 6 heteroatoms. The smallest absolute Gasteiger partial charge is 0.416 e. The van der Waals surface area contributed by atoms with Crippen LogP contribution in [0.5, 0.6) is 11.5 Å². The van der Waals surface area contributed by atoms with Crippen molar-refractivity contribution in [3.05, 3.63) is 53.6 Å². The van der Waals surface area contributed by atoms with Gasteiger partial charge >= 0.3 is 6.18 Å². The van der Waals surface area contributed by atoms with Crippen LogP contribution in [0.4, 0.5) is 18.9 Å². The van der Waals surface area contributed by atoms with E-state index in [1.54, 1.807) is 18.2 Å². The van der Waals surface area contributed by atoms with E-state index in [1.165, 1.54) is 19.2 Å². The molecule has 0 heterocycles. The molecule has 0 aliphatic rings. The van der Waals surface area contributed by atoms with Crippen molar-refractivity contribution in [2.45, 2.75) is 12.8 Å². The Morgan fingerprint density at radius 3 is 2.29 bits per heavy atom. The molecule has 0 aliphatic heterocycles. The van der Waals surface area contributed by atoms with E-state index < -0.39 is 11.7 Å². The number of hydrogen-bond acceptors (Lipinski definition) is 3. The number of alkyl halides is 3. The number of nitrogens with two attached hydrogens (primary N) is 1. The van der Waals surface area contributed by atoms with Crippen molar-refractivity contribution in [2.24, 2.45) is 0 Å². The number of nitrogen functional groups attached to an aromatic ring is 1. The molecule has 0 saturated heterocycles. The lowest BCUT2D eigenvalue weighted by molar-refractivity contribution is -0.137. The SMILES string of the molecule is COc1cc(COc2ccc(C(F)(F)F)cc2)ccc1N. The molecule has 2 aromatic carbocycles. The minimum Gasteiger partial charge on any atom is -0.495 e. The molecule has 0 aromatic heterocycles. The average Bonchev–Trinajstić information content (AvgIpc) is 2.46. The van der Waals surface area contributed by atoms with Crippen LogP contribution in [0.15, 0.2) is 42.5 Å². The molecule has 3 nitrogen and oxygen atoms in total. The third kappa shape index (κ3) is 3.81. The van der Waals surface area contributed by atoms with Crippen molar-refractivity contribution in [2.75, 3.05) is 12.8 Å². The Labute approximate surface area is 120 Å². The van der Waals surface area contributed by atoms with Crippen molar-refractivity contribution >= 4 is 5.69 Å². The zero-order chi connectivity index (χ0) is 15.5. The van der Waals surface area contributed by atoms with Gasteiger partial charge in [-0.15, -0.1) is 0 Å². The van der Waals surface area contributed by atoms with Gasteiger partial charge in [0.25, 0.3) is 0 Å². The summed E-state index contributed by atoms with van der Waals surface area (Å²) in [5.74, 6) is 0.891. The number of benzene rings is 2. The van der Waals surface area contributed by atoms with Gasteiger partial charge in [-0.05, 0) is 42.0 Å². The Morgan fingerprint density at radius 1 is 1.05 bits per heavy atom. The summed E-state index contributed by atoms with van der Waals surface area (Å²) in [6, 6.07) is 9.72. The normalized spacial score (nSPS) is 11.2. The molecule has 21 heavy (non-hydrogen) atoms. The third-order valence-corrected chi connectivity index (χ3v) is 2.89. The number of anilines is 1. The second-order valence-corrected chi connectivity index (χ2v) is 4.39. The van der Waals surface area contributed by atoms with E-state index in [4.69, 9.17) is 15.2 Å². The monoisotopic (exact) mass is 297 g/mol. The molecule has 0 atom stereocenters. The molecule has 2 rings (SSSR count). The minimum absolute atomic E-state index is 0.210. The van der Waals surface area contributed by atoms with Crippen LogP contribution in [-0.4, -0.2) is 7.11 Å². The van der Waals surface area contributed by atoms with Gasteiger partial charge in [0, 0.05) is 0 Å². The lowest BCUT2D eigenvalue weighted by Crippen LogP contribution is -2.04. The lowest BCUT2D eigenvalue weighted by Gasteiger charge is -2.10. The van der Waals surface area contributed by atoms with Crippen molar-refractivity contribution in [1.29, 1.82) is 0 Å². The predicted molar refractivity (Wildman–Crippen MR) is 73.2 cm³/mol. The number of methoxy groups -OCH3 is 1. The summed E-state index contributed by atoms with van der Waals surface area (Å²) in [4.78, 5) is 0. The Bertz CT molecular complexity index is 609. The van der Waals surface area contributed by atoms with E-state index >= 15 is 0 Å². The fourth-order valence-corrected chi connectivity index (χ4v) is 1.75. The van der Waals surface area contributed by atoms with Gasteiger partial charge in [-0.1, -0.05) is 6.07 Å². The van der Waals surface area contributed by atoms with Crippen LogP contribution in [0.3, 0.4) is 0 Å². The van der Waals surface area contributed by atoms with E-state index in [-0.39, 0.29) is 6.61 Å². The topological polar surface area (TPSA) is 44.5 Å². The van der Waals surface area contributed by atoms with E-state index in [2.05, 4.69) is 0 Å². The Balaban J connectivity index is 2.03. The van der Waals surface area contributed by atoms with E-state index in [0.29, 0.717) is 17.2 Å². The second kappa shape index (κ2) is 5.95. The van der Waals surface area contributed by atoms with Crippen LogP contribution in [0, 0.1) is 0 Å². The summed E-state index contributed by atoms with van der Waals surface area (Å²) in [7, 11) is 1.51. The highest BCUT2D eigenvalue weighted by atomic mass is 19.4. The third-order valence-electron chi connectivity index (χ3n) is 2.89. The molecule has 0 spiro atoms. The fourth-order valence-electron chi connectivity index (χ4n) is 1.75. The number of rotatable bonds is 4.